The van der Waals surface area contributed by atoms with E-state index in [2.05, 4.69) is 31.1 Å². The Morgan fingerprint density at radius 1 is 1.28 bits per heavy atom. The van der Waals surface area contributed by atoms with Crippen LogP contribution in [0.1, 0.15) is 38.0 Å². The van der Waals surface area contributed by atoms with Crippen LogP contribution in [-0.2, 0) is 6.54 Å². The van der Waals surface area contributed by atoms with E-state index < -0.39 is 0 Å². The van der Waals surface area contributed by atoms with Gasteiger partial charge in [0, 0.05) is 12.1 Å². The molecule has 0 fully saturated rings. The van der Waals surface area contributed by atoms with Crippen LogP contribution in [0.25, 0.3) is 11.3 Å². The number of furan rings is 1. The van der Waals surface area contributed by atoms with E-state index in [0.717, 1.165) is 28.5 Å². The Kier molecular flexibility index (Phi) is 3.30. The molecule has 0 bridgehead atoms. The molecule has 0 aromatic carbocycles. The quantitative estimate of drug-likeness (QED) is 0.904. The van der Waals surface area contributed by atoms with Gasteiger partial charge in [0.05, 0.1) is 5.56 Å². The highest BCUT2D eigenvalue weighted by molar-refractivity contribution is 5.62. The van der Waals surface area contributed by atoms with E-state index >= 15 is 0 Å². The Morgan fingerprint density at radius 2 is 2.00 bits per heavy atom. The molecule has 0 saturated carbocycles. The van der Waals surface area contributed by atoms with Crippen molar-refractivity contribution < 1.29 is 8.83 Å². The summed E-state index contributed by atoms with van der Waals surface area (Å²) in [5.41, 5.74) is 1.95. The van der Waals surface area contributed by atoms with Crippen LogP contribution >= 0.6 is 0 Å². The van der Waals surface area contributed by atoms with Crippen molar-refractivity contribution in [2.75, 3.05) is 0 Å². The van der Waals surface area contributed by atoms with Gasteiger partial charge >= 0.3 is 0 Å². The minimum Gasteiger partial charge on any atom is -0.466 e. The van der Waals surface area contributed by atoms with Crippen LogP contribution < -0.4 is 5.32 Å². The van der Waals surface area contributed by atoms with E-state index in [1.165, 1.54) is 6.39 Å². The summed E-state index contributed by atoms with van der Waals surface area (Å²) >= 11 is 0. The summed E-state index contributed by atoms with van der Waals surface area (Å²) in [6.07, 6.45) is 1.48. The number of aryl methyl sites for hydroxylation is 2. The van der Waals surface area contributed by atoms with E-state index in [-0.39, 0.29) is 5.54 Å². The molecule has 0 saturated heterocycles. The van der Waals surface area contributed by atoms with Gasteiger partial charge in [0.25, 0.3) is 0 Å². The van der Waals surface area contributed by atoms with E-state index in [0.29, 0.717) is 6.54 Å². The molecule has 0 unspecified atom stereocenters. The third-order valence-corrected chi connectivity index (χ3v) is 2.71. The molecular weight excluding hydrogens is 228 g/mol. The van der Waals surface area contributed by atoms with E-state index in [4.69, 9.17) is 8.83 Å². The lowest BCUT2D eigenvalue weighted by Crippen LogP contribution is -2.35. The van der Waals surface area contributed by atoms with Crippen molar-refractivity contribution >= 4 is 0 Å². The molecular formula is C14H20N2O2. The molecule has 2 aromatic heterocycles. The standard InChI is InChI=1S/C14H20N2O2/c1-9-6-11(10(2)18-9)13-12(15-8-17-13)7-16-14(3,4)5/h6,8,16H,7H2,1-5H3. The zero-order chi connectivity index (χ0) is 13.3. The van der Waals surface area contributed by atoms with Gasteiger partial charge in [-0.3, -0.25) is 0 Å². The maximum Gasteiger partial charge on any atom is 0.181 e. The zero-order valence-electron chi connectivity index (χ0n) is 11.6. The number of aromatic nitrogens is 1. The van der Waals surface area contributed by atoms with Gasteiger partial charge in [-0.1, -0.05) is 0 Å². The number of nitrogens with zero attached hydrogens (tertiary/aromatic N) is 1. The predicted molar refractivity (Wildman–Crippen MR) is 70.3 cm³/mol. The summed E-state index contributed by atoms with van der Waals surface area (Å²) < 4.78 is 11.0. The molecule has 0 spiro atoms. The second-order valence-electron chi connectivity index (χ2n) is 5.56. The highest BCUT2D eigenvalue weighted by Gasteiger charge is 2.18. The number of rotatable bonds is 3. The maximum absolute atomic E-state index is 5.53. The van der Waals surface area contributed by atoms with Gasteiger partial charge in [-0.05, 0) is 40.7 Å². The smallest absolute Gasteiger partial charge is 0.181 e. The van der Waals surface area contributed by atoms with Gasteiger partial charge in [0.1, 0.15) is 17.2 Å². The second kappa shape index (κ2) is 4.61. The molecule has 98 valence electrons. The summed E-state index contributed by atoms with van der Waals surface area (Å²) in [4.78, 5) is 4.28. The topological polar surface area (TPSA) is 51.2 Å². The van der Waals surface area contributed by atoms with E-state index in [1.807, 2.05) is 19.9 Å². The van der Waals surface area contributed by atoms with Crippen molar-refractivity contribution in [2.45, 2.75) is 46.7 Å². The average molecular weight is 248 g/mol. The summed E-state index contributed by atoms with van der Waals surface area (Å²) in [7, 11) is 0. The maximum atomic E-state index is 5.53. The van der Waals surface area contributed by atoms with Gasteiger partial charge in [-0.25, -0.2) is 4.98 Å². The molecule has 0 amide bonds. The van der Waals surface area contributed by atoms with Crippen molar-refractivity contribution in [1.29, 1.82) is 0 Å². The Labute approximate surface area is 107 Å². The summed E-state index contributed by atoms with van der Waals surface area (Å²) in [6.45, 7) is 10.9. The van der Waals surface area contributed by atoms with Gasteiger partial charge < -0.3 is 14.2 Å². The average Bonchev–Trinajstić information content (AvgIpc) is 2.80. The van der Waals surface area contributed by atoms with Crippen molar-refractivity contribution in [3.05, 3.63) is 29.7 Å². The molecule has 4 heteroatoms. The lowest BCUT2D eigenvalue weighted by atomic mass is 10.1. The van der Waals surface area contributed by atoms with Crippen LogP contribution in [0.5, 0.6) is 0 Å². The predicted octanol–water partition coefficient (Wildman–Crippen LogP) is 3.44. The van der Waals surface area contributed by atoms with Crippen molar-refractivity contribution in [2.24, 2.45) is 0 Å². The first-order valence-electron chi connectivity index (χ1n) is 6.11. The molecule has 1 N–H and O–H groups in total. The first kappa shape index (κ1) is 12.9. The summed E-state index contributed by atoms with van der Waals surface area (Å²) in [5.74, 6) is 2.54. The lowest BCUT2D eigenvalue weighted by molar-refractivity contribution is 0.421. The van der Waals surface area contributed by atoms with Gasteiger partial charge in [-0.15, -0.1) is 0 Å². The number of oxazole rings is 1. The van der Waals surface area contributed by atoms with Crippen LogP contribution in [-0.4, -0.2) is 10.5 Å². The largest absolute Gasteiger partial charge is 0.466 e. The molecule has 2 heterocycles. The molecule has 0 aliphatic carbocycles. The van der Waals surface area contributed by atoms with Gasteiger partial charge in [0.2, 0.25) is 0 Å². The SMILES string of the molecule is Cc1cc(-c2ocnc2CNC(C)(C)C)c(C)o1. The third kappa shape index (κ3) is 2.82. The van der Waals surface area contributed by atoms with Crippen molar-refractivity contribution in [3.8, 4) is 11.3 Å². The highest BCUT2D eigenvalue weighted by atomic mass is 16.4. The second-order valence-corrected chi connectivity index (χ2v) is 5.56. The van der Waals surface area contributed by atoms with Crippen LogP contribution in [0, 0.1) is 13.8 Å². The molecule has 2 aromatic rings. The first-order chi connectivity index (χ1) is 8.37. The van der Waals surface area contributed by atoms with Crippen LogP contribution in [0.4, 0.5) is 0 Å². The normalized spacial score (nSPS) is 12.1. The van der Waals surface area contributed by atoms with E-state index in [9.17, 15) is 0 Å². The summed E-state index contributed by atoms with van der Waals surface area (Å²) in [6, 6.07) is 1.98. The Morgan fingerprint density at radius 3 is 2.56 bits per heavy atom. The van der Waals surface area contributed by atoms with Gasteiger partial charge in [0.15, 0.2) is 12.2 Å². The monoisotopic (exact) mass is 248 g/mol. The fraction of sp³-hybridized carbons (Fsp3) is 0.500. The molecule has 2 rings (SSSR count). The Bertz CT molecular complexity index is 532. The molecule has 4 nitrogen and oxygen atoms in total. The minimum atomic E-state index is 0.0532. The molecule has 0 atom stereocenters. The van der Waals surface area contributed by atoms with Gasteiger partial charge in [-0.2, -0.15) is 0 Å². The number of hydrogen-bond donors (Lipinski definition) is 1. The fourth-order valence-corrected chi connectivity index (χ4v) is 1.82. The fourth-order valence-electron chi connectivity index (χ4n) is 1.82. The summed E-state index contributed by atoms with van der Waals surface area (Å²) in [5, 5.41) is 3.41. The highest BCUT2D eigenvalue weighted by Crippen LogP contribution is 2.29. The minimum absolute atomic E-state index is 0.0532. The zero-order valence-corrected chi connectivity index (χ0v) is 11.6. The Hall–Kier alpha value is -1.55. The van der Waals surface area contributed by atoms with E-state index in [1.54, 1.807) is 0 Å². The molecule has 18 heavy (non-hydrogen) atoms. The van der Waals surface area contributed by atoms with Crippen molar-refractivity contribution in [3.63, 3.8) is 0 Å². The number of hydrogen-bond acceptors (Lipinski definition) is 4. The van der Waals surface area contributed by atoms with Crippen LogP contribution in [0.3, 0.4) is 0 Å². The molecule has 0 aliphatic rings. The molecule has 0 radical (unpaired) electrons. The van der Waals surface area contributed by atoms with Crippen LogP contribution in [0.2, 0.25) is 0 Å². The van der Waals surface area contributed by atoms with Crippen LogP contribution in [0.15, 0.2) is 21.3 Å². The van der Waals surface area contributed by atoms with Crippen molar-refractivity contribution in [1.82, 2.24) is 10.3 Å². The molecule has 0 aliphatic heterocycles. The first-order valence-corrected chi connectivity index (χ1v) is 6.11. The third-order valence-electron chi connectivity index (χ3n) is 2.71. The Balaban J connectivity index is 2.25. The lowest BCUT2D eigenvalue weighted by Gasteiger charge is -2.19. The number of nitrogens with one attached hydrogen (secondary N) is 1.